The molecule has 9 aromatic carbocycles. The summed E-state index contributed by atoms with van der Waals surface area (Å²) in [6.07, 6.45) is 0. The van der Waals surface area contributed by atoms with Crippen molar-refractivity contribution in [3.8, 4) is 67.5 Å². The minimum absolute atomic E-state index is 0.578. The largest absolute Gasteiger partial charge is 0.456 e. The quantitative estimate of drug-likeness (QED) is 0.177. The number of benzene rings is 9. The molecule has 63 heavy (non-hydrogen) atoms. The van der Waals surface area contributed by atoms with Crippen molar-refractivity contribution >= 4 is 43.9 Å². The van der Waals surface area contributed by atoms with Gasteiger partial charge in [0.2, 0.25) is 0 Å². The number of nitrogens with zero attached hydrogens (tertiary/aromatic N) is 3. The van der Waals surface area contributed by atoms with Gasteiger partial charge in [0.05, 0.1) is 5.41 Å². The van der Waals surface area contributed by atoms with Crippen LogP contribution in [0.1, 0.15) is 22.3 Å². The number of para-hydroxylation sites is 1. The third kappa shape index (κ3) is 4.79. The maximum atomic E-state index is 6.94. The van der Waals surface area contributed by atoms with Gasteiger partial charge in [-0.1, -0.05) is 158 Å². The summed E-state index contributed by atoms with van der Waals surface area (Å²) in [6, 6.07) is 70.6. The number of rotatable bonds is 4. The topological polar surface area (TPSA) is 65.0 Å². The molecule has 0 saturated heterocycles. The Morgan fingerprint density at radius 1 is 0.302 bits per heavy atom. The van der Waals surface area contributed by atoms with Crippen LogP contribution in [0, 0.1) is 0 Å². The fourth-order valence-corrected chi connectivity index (χ4v) is 10.7. The van der Waals surface area contributed by atoms with E-state index in [0.717, 1.165) is 71.7 Å². The number of hydrogen-bond acceptors (Lipinski definition) is 5. The summed E-state index contributed by atoms with van der Waals surface area (Å²) < 4.78 is 13.6. The molecule has 2 aliphatic carbocycles. The van der Waals surface area contributed by atoms with Crippen LogP contribution in [0.25, 0.3) is 111 Å². The molecule has 5 heteroatoms. The van der Waals surface area contributed by atoms with Gasteiger partial charge in [-0.15, -0.1) is 0 Å². The predicted molar refractivity (Wildman–Crippen MR) is 252 cm³/mol. The van der Waals surface area contributed by atoms with Crippen molar-refractivity contribution in [2.75, 3.05) is 0 Å². The van der Waals surface area contributed by atoms with Gasteiger partial charge in [0, 0.05) is 38.2 Å². The SMILES string of the molecule is c1ccc(-c2cccc(-c3nc(-c4ccccc4)nc(-c4ccc5c(c4)oc4ccc6c(c45)C4(c5ccccc5-c5ccccc54)c4cc5oc7ccccc7c5cc4-6)n3)c2)cc1. The molecule has 0 aliphatic heterocycles. The molecule has 0 amide bonds. The van der Waals surface area contributed by atoms with E-state index in [1.165, 1.54) is 44.5 Å². The summed E-state index contributed by atoms with van der Waals surface area (Å²) in [6.45, 7) is 0. The molecule has 292 valence electrons. The van der Waals surface area contributed by atoms with Crippen LogP contribution in [0.5, 0.6) is 0 Å². The molecular formula is C58H33N3O2. The van der Waals surface area contributed by atoms with E-state index < -0.39 is 5.41 Å². The first-order valence-electron chi connectivity index (χ1n) is 21.3. The van der Waals surface area contributed by atoms with E-state index in [4.69, 9.17) is 23.8 Å². The van der Waals surface area contributed by atoms with Crippen molar-refractivity contribution in [3.63, 3.8) is 0 Å². The number of furan rings is 2. The maximum Gasteiger partial charge on any atom is 0.164 e. The van der Waals surface area contributed by atoms with Crippen molar-refractivity contribution in [1.29, 1.82) is 0 Å². The van der Waals surface area contributed by atoms with Crippen molar-refractivity contribution in [1.82, 2.24) is 15.0 Å². The van der Waals surface area contributed by atoms with Crippen molar-refractivity contribution in [3.05, 3.63) is 222 Å². The van der Waals surface area contributed by atoms with Crippen molar-refractivity contribution in [2.45, 2.75) is 5.41 Å². The van der Waals surface area contributed by atoms with E-state index in [1.54, 1.807) is 0 Å². The molecule has 0 N–H and O–H groups in total. The Balaban J connectivity index is 1.01. The normalized spacial score (nSPS) is 13.2. The molecule has 3 heterocycles. The Labute approximate surface area is 361 Å². The molecule has 0 radical (unpaired) electrons. The van der Waals surface area contributed by atoms with Crippen molar-refractivity contribution < 1.29 is 8.83 Å². The van der Waals surface area contributed by atoms with E-state index >= 15 is 0 Å². The third-order valence-electron chi connectivity index (χ3n) is 13.3. The van der Waals surface area contributed by atoms with Crippen LogP contribution < -0.4 is 0 Å². The van der Waals surface area contributed by atoms with E-state index in [1.807, 2.05) is 42.5 Å². The Kier molecular flexibility index (Phi) is 6.97. The Hall–Kier alpha value is -8.41. The molecule has 0 bridgehead atoms. The Morgan fingerprint density at radius 3 is 1.65 bits per heavy atom. The summed E-state index contributed by atoms with van der Waals surface area (Å²) in [5.74, 6) is 1.80. The zero-order valence-corrected chi connectivity index (χ0v) is 33.7. The van der Waals surface area contributed by atoms with Gasteiger partial charge in [0.15, 0.2) is 17.5 Å². The molecule has 14 rings (SSSR count). The highest BCUT2D eigenvalue weighted by Gasteiger charge is 2.53. The van der Waals surface area contributed by atoms with Gasteiger partial charge < -0.3 is 8.83 Å². The second kappa shape index (κ2) is 12.8. The smallest absolute Gasteiger partial charge is 0.164 e. The molecule has 12 aromatic rings. The second-order valence-electron chi connectivity index (χ2n) is 16.6. The van der Waals surface area contributed by atoms with Gasteiger partial charge in [-0.3, -0.25) is 0 Å². The second-order valence-corrected chi connectivity index (χ2v) is 16.6. The molecule has 2 aliphatic rings. The zero-order valence-electron chi connectivity index (χ0n) is 33.7. The molecule has 5 nitrogen and oxygen atoms in total. The van der Waals surface area contributed by atoms with Crippen LogP contribution in [0.4, 0.5) is 0 Å². The first kappa shape index (κ1) is 34.3. The predicted octanol–water partition coefficient (Wildman–Crippen LogP) is 14.7. The Morgan fingerprint density at radius 2 is 0.889 bits per heavy atom. The van der Waals surface area contributed by atoms with Gasteiger partial charge in [0.1, 0.15) is 22.3 Å². The number of fused-ring (bicyclic) bond motifs is 17. The van der Waals surface area contributed by atoms with E-state index in [2.05, 4.69) is 158 Å². The lowest BCUT2D eigenvalue weighted by Crippen LogP contribution is -2.26. The first-order chi connectivity index (χ1) is 31.2. The van der Waals surface area contributed by atoms with Crippen LogP contribution in [-0.4, -0.2) is 15.0 Å². The standard InChI is InChI=1S/C58H33N3O2/c1-3-14-34(15-4-1)36-18-13-19-37(30-36)56-59-55(35-16-5-2-6-17-35)60-57(61-56)38-26-27-43-51(31-38)63-50-29-28-42-44-32-45-41-22-9-12-25-49(41)62-52(45)33-48(44)58(54(42)53(43)50)46-23-10-7-20-39(46)40-21-8-11-24-47(40)58/h1-33H. The lowest BCUT2D eigenvalue weighted by atomic mass is 9.69. The average Bonchev–Trinajstić information content (AvgIpc) is 4.08. The molecule has 0 fully saturated rings. The van der Waals surface area contributed by atoms with E-state index in [9.17, 15) is 0 Å². The van der Waals surface area contributed by atoms with Gasteiger partial charge in [-0.2, -0.15) is 0 Å². The molecule has 0 atom stereocenters. The molecular weight excluding hydrogens is 771 g/mol. The van der Waals surface area contributed by atoms with Gasteiger partial charge in [-0.25, -0.2) is 15.0 Å². The lowest BCUT2D eigenvalue weighted by Gasteiger charge is -2.31. The summed E-state index contributed by atoms with van der Waals surface area (Å²) >= 11 is 0. The third-order valence-corrected chi connectivity index (χ3v) is 13.3. The number of hydrogen-bond donors (Lipinski definition) is 0. The first-order valence-corrected chi connectivity index (χ1v) is 21.3. The molecule has 1 spiro atoms. The maximum absolute atomic E-state index is 6.94. The lowest BCUT2D eigenvalue weighted by molar-refractivity contribution is 0.666. The summed E-state index contributed by atoms with van der Waals surface area (Å²) in [5.41, 5.74) is 17.6. The summed E-state index contributed by atoms with van der Waals surface area (Å²) in [5, 5.41) is 4.39. The van der Waals surface area contributed by atoms with Crippen LogP contribution in [0.2, 0.25) is 0 Å². The molecule has 0 unspecified atom stereocenters. The molecule has 0 saturated carbocycles. The average molecular weight is 804 g/mol. The van der Waals surface area contributed by atoms with E-state index in [0.29, 0.717) is 17.5 Å². The highest BCUT2D eigenvalue weighted by atomic mass is 16.3. The fourth-order valence-electron chi connectivity index (χ4n) is 10.7. The highest BCUT2D eigenvalue weighted by Crippen LogP contribution is 2.65. The van der Waals surface area contributed by atoms with Crippen LogP contribution in [0.3, 0.4) is 0 Å². The fraction of sp³-hybridized carbons (Fsp3) is 0.0172. The monoisotopic (exact) mass is 803 g/mol. The van der Waals surface area contributed by atoms with Crippen LogP contribution in [0.15, 0.2) is 209 Å². The van der Waals surface area contributed by atoms with Gasteiger partial charge in [-0.05, 0) is 98.1 Å². The van der Waals surface area contributed by atoms with Gasteiger partial charge >= 0.3 is 0 Å². The molecule has 3 aromatic heterocycles. The number of aromatic nitrogens is 3. The van der Waals surface area contributed by atoms with Crippen molar-refractivity contribution in [2.24, 2.45) is 0 Å². The minimum atomic E-state index is -0.609. The van der Waals surface area contributed by atoms with Gasteiger partial charge in [0.25, 0.3) is 0 Å². The zero-order chi connectivity index (χ0) is 41.2. The summed E-state index contributed by atoms with van der Waals surface area (Å²) in [7, 11) is 0. The highest BCUT2D eigenvalue weighted by molar-refractivity contribution is 6.16. The summed E-state index contributed by atoms with van der Waals surface area (Å²) in [4.78, 5) is 15.3. The Bertz CT molecular complexity index is 3820. The minimum Gasteiger partial charge on any atom is -0.456 e. The van der Waals surface area contributed by atoms with Crippen LogP contribution >= 0.6 is 0 Å². The van der Waals surface area contributed by atoms with Crippen LogP contribution in [-0.2, 0) is 5.41 Å². The van der Waals surface area contributed by atoms with E-state index in [-0.39, 0.29) is 0 Å².